The van der Waals surface area contributed by atoms with Gasteiger partial charge in [-0.05, 0) is 25.5 Å². The Bertz CT molecular complexity index is 379. The molecule has 0 N–H and O–H groups in total. The Morgan fingerprint density at radius 2 is 2.29 bits per heavy atom. The highest BCUT2D eigenvalue weighted by molar-refractivity contribution is 5.80. The maximum atomic E-state index is 10.7. The van der Waals surface area contributed by atoms with Gasteiger partial charge in [-0.15, -0.1) is 0 Å². The van der Waals surface area contributed by atoms with Crippen LogP contribution in [0.15, 0.2) is 18.2 Å². The number of carbonyl (C=O) groups is 1. The number of carbonyl (C=O) groups excluding carboxylic acids is 1. The summed E-state index contributed by atoms with van der Waals surface area (Å²) < 4.78 is 5.32. The predicted molar refractivity (Wildman–Crippen MR) is 52.3 cm³/mol. The van der Waals surface area contributed by atoms with Gasteiger partial charge in [-0.2, -0.15) is 5.26 Å². The number of benzene rings is 1. The van der Waals surface area contributed by atoms with E-state index in [-0.39, 0.29) is 0 Å². The Morgan fingerprint density at radius 1 is 1.57 bits per heavy atom. The molecule has 1 rings (SSSR count). The number of para-hydroxylation sites is 1. The van der Waals surface area contributed by atoms with Crippen molar-refractivity contribution in [2.45, 2.75) is 20.0 Å². The zero-order chi connectivity index (χ0) is 10.6. The molecule has 1 atom stereocenters. The third-order valence-electron chi connectivity index (χ3n) is 1.85. The van der Waals surface area contributed by atoms with Crippen LogP contribution in [0.4, 0.5) is 0 Å². The summed E-state index contributed by atoms with van der Waals surface area (Å²) in [7, 11) is 0. The molecule has 0 fully saturated rings. The van der Waals surface area contributed by atoms with E-state index in [0.29, 0.717) is 11.3 Å². The second-order valence-electron chi connectivity index (χ2n) is 3.00. The molecule has 0 aliphatic rings. The SMILES string of the molecule is Cc1cccc(C=O)c1OC(C)C#N. The highest BCUT2D eigenvalue weighted by Crippen LogP contribution is 2.22. The van der Waals surface area contributed by atoms with Crippen molar-refractivity contribution in [3.63, 3.8) is 0 Å². The van der Waals surface area contributed by atoms with Crippen LogP contribution in [0.2, 0.25) is 0 Å². The summed E-state index contributed by atoms with van der Waals surface area (Å²) in [6.07, 6.45) is 0.182. The number of aryl methyl sites for hydroxylation is 1. The molecule has 72 valence electrons. The van der Waals surface area contributed by atoms with Crippen LogP contribution in [0, 0.1) is 18.3 Å². The Labute approximate surface area is 82.9 Å². The lowest BCUT2D eigenvalue weighted by Crippen LogP contribution is -2.10. The molecule has 3 nitrogen and oxygen atoms in total. The third-order valence-corrected chi connectivity index (χ3v) is 1.85. The summed E-state index contributed by atoms with van der Waals surface area (Å²) in [5.41, 5.74) is 1.34. The lowest BCUT2D eigenvalue weighted by Gasteiger charge is -2.12. The van der Waals surface area contributed by atoms with Crippen molar-refractivity contribution in [3.05, 3.63) is 29.3 Å². The standard InChI is InChI=1S/C11H11NO2/c1-8-4-3-5-10(7-13)11(8)14-9(2)6-12/h3-5,7,9H,1-2H3. The maximum absolute atomic E-state index is 10.7. The lowest BCUT2D eigenvalue weighted by molar-refractivity contribution is 0.111. The van der Waals surface area contributed by atoms with Crippen molar-refractivity contribution in [1.29, 1.82) is 5.26 Å². The molecule has 0 bridgehead atoms. The lowest BCUT2D eigenvalue weighted by atomic mass is 10.1. The van der Waals surface area contributed by atoms with Crippen LogP contribution in [0.1, 0.15) is 22.8 Å². The summed E-state index contributed by atoms with van der Waals surface area (Å²) >= 11 is 0. The van der Waals surface area contributed by atoms with E-state index in [4.69, 9.17) is 10.00 Å². The van der Waals surface area contributed by atoms with E-state index in [1.807, 2.05) is 19.1 Å². The van der Waals surface area contributed by atoms with Gasteiger partial charge >= 0.3 is 0 Å². The summed E-state index contributed by atoms with van der Waals surface area (Å²) in [6, 6.07) is 7.24. The van der Waals surface area contributed by atoms with Gasteiger partial charge in [0.2, 0.25) is 0 Å². The minimum absolute atomic E-state index is 0.479. The van der Waals surface area contributed by atoms with Gasteiger partial charge < -0.3 is 4.74 Å². The van der Waals surface area contributed by atoms with E-state index < -0.39 is 6.10 Å². The van der Waals surface area contributed by atoms with Gasteiger partial charge in [0, 0.05) is 0 Å². The van der Waals surface area contributed by atoms with Crippen LogP contribution in [0.25, 0.3) is 0 Å². The number of nitrogens with zero attached hydrogens (tertiary/aromatic N) is 1. The molecule has 0 aliphatic carbocycles. The molecule has 14 heavy (non-hydrogen) atoms. The highest BCUT2D eigenvalue weighted by Gasteiger charge is 2.09. The van der Waals surface area contributed by atoms with Crippen LogP contribution >= 0.6 is 0 Å². The molecule has 0 spiro atoms. The first kappa shape index (κ1) is 10.3. The molecule has 3 heteroatoms. The van der Waals surface area contributed by atoms with Crippen LogP contribution < -0.4 is 4.74 Å². The fraction of sp³-hybridized carbons (Fsp3) is 0.273. The third kappa shape index (κ3) is 2.11. The fourth-order valence-corrected chi connectivity index (χ4v) is 1.13. The monoisotopic (exact) mass is 189 g/mol. The van der Waals surface area contributed by atoms with Gasteiger partial charge in [0.1, 0.15) is 11.8 Å². The summed E-state index contributed by atoms with van der Waals surface area (Å²) in [5.74, 6) is 0.497. The number of ether oxygens (including phenoxy) is 1. The molecule has 1 aromatic rings. The van der Waals surface area contributed by atoms with Crippen molar-refractivity contribution < 1.29 is 9.53 Å². The summed E-state index contributed by atoms with van der Waals surface area (Å²) in [4.78, 5) is 10.7. The Balaban J connectivity index is 3.06. The van der Waals surface area contributed by atoms with E-state index in [9.17, 15) is 4.79 Å². The topological polar surface area (TPSA) is 50.1 Å². The molecule has 1 unspecified atom stereocenters. The fourth-order valence-electron chi connectivity index (χ4n) is 1.13. The van der Waals surface area contributed by atoms with Gasteiger partial charge in [-0.25, -0.2) is 0 Å². The molecular weight excluding hydrogens is 178 g/mol. The van der Waals surface area contributed by atoms with Crippen molar-refractivity contribution >= 4 is 6.29 Å². The molecular formula is C11H11NO2. The van der Waals surface area contributed by atoms with Crippen molar-refractivity contribution in [1.82, 2.24) is 0 Å². The molecule has 0 amide bonds. The summed E-state index contributed by atoms with van der Waals surface area (Å²) in [5, 5.41) is 8.59. The molecule has 1 aromatic carbocycles. The molecule has 0 saturated carbocycles. The van der Waals surface area contributed by atoms with Crippen LogP contribution in [0.3, 0.4) is 0 Å². The van der Waals surface area contributed by atoms with E-state index >= 15 is 0 Å². The Morgan fingerprint density at radius 3 is 2.86 bits per heavy atom. The van der Waals surface area contributed by atoms with E-state index in [1.54, 1.807) is 19.1 Å². The molecule has 0 heterocycles. The van der Waals surface area contributed by atoms with Crippen molar-refractivity contribution in [2.24, 2.45) is 0 Å². The minimum atomic E-state index is -0.546. The van der Waals surface area contributed by atoms with Gasteiger partial charge in [0.15, 0.2) is 12.4 Å². The van der Waals surface area contributed by atoms with Crippen LogP contribution in [-0.2, 0) is 0 Å². The number of hydrogen-bond donors (Lipinski definition) is 0. The molecule has 0 radical (unpaired) electrons. The highest BCUT2D eigenvalue weighted by atomic mass is 16.5. The first-order chi connectivity index (χ1) is 6.69. The largest absolute Gasteiger partial charge is 0.475 e. The van der Waals surface area contributed by atoms with Crippen LogP contribution in [0.5, 0.6) is 5.75 Å². The van der Waals surface area contributed by atoms with Crippen molar-refractivity contribution in [3.8, 4) is 11.8 Å². The summed E-state index contributed by atoms with van der Waals surface area (Å²) in [6.45, 7) is 3.48. The zero-order valence-electron chi connectivity index (χ0n) is 8.15. The average molecular weight is 189 g/mol. The predicted octanol–water partition coefficient (Wildman–Crippen LogP) is 2.10. The number of hydrogen-bond acceptors (Lipinski definition) is 3. The van der Waals surface area contributed by atoms with E-state index in [2.05, 4.69) is 0 Å². The zero-order valence-corrected chi connectivity index (χ0v) is 8.15. The number of nitriles is 1. The van der Waals surface area contributed by atoms with Gasteiger partial charge in [0.05, 0.1) is 5.56 Å². The van der Waals surface area contributed by atoms with Gasteiger partial charge in [-0.1, -0.05) is 12.1 Å². The number of aldehydes is 1. The first-order valence-electron chi connectivity index (χ1n) is 4.30. The smallest absolute Gasteiger partial charge is 0.181 e. The quantitative estimate of drug-likeness (QED) is 0.684. The number of rotatable bonds is 3. The van der Waals surface area contributed by atoms with Gasteiger partial charge in [-0.3, -0.25) is 4.79 Å². The second kappa shape index (κ2) is 4.43. The van der Waals surface area contributed by atoms with Gasteiger partial charge in [0.25, 0.3) is 0 Å². The first-order valence-corrected chi connectivity index (χ1v) is 4.30. The van der Waals surface area contributed by atoms with E-state index in [0.717, 1.165) is 11.8 Å². The molecule has 0 aliphatic heterocycles. The normalized spacial score (nSPS) is 11.5. The Kier molecular flexibility index (Phi) is 3.24. The van der Waals surface area contributed by atoms with Crippen LogP contribution in [-0.4, -0.2) is 12.4 Å². The molecule has 0 aromatic heterocycles. The average Bonchev–Trinajstić information content (AvgIpc) is 2.20. The Hall–Kier alpha value is -1.82. The molecule has 0 saturated heterocycles. The minimum Gasteiger partial charge on any atom is -0.475 e. The second-order valence-corrected chi connectivity index (χ2v) is 3.00. The maximum Gasteiger partial charge on any atom is 0.181 e. The van der Waals surface area contributed by atoms with Crippen molar-refractivity contribution in [2.75, 3.05) is 0 Å². The van der Waals surface area contributed by atoms with E-state index in [1.165, 1.54) is 0 Å².